The summed E-state index contributed by atoms with van der Waals surface area (Å²) in [5.74, 6) is -3.40. The molecule has 0 aliphatic rings. The molecule has 0 saturated heterocycles. The SMILES string of the molecule is O=C(Nc1scc(-c2ccc(Cl)cc2)c1C(=O)O)c1cc2ccccc2nn1.O=C(Nc1scc(-c2ccc(Cl)cc2)c1C(=O)O)c1ncc2ccccc2n1. The highest BCUT2D eigenvalue weighted by molar-refractivity contribution is 7.15. The molecule has 0 fully saturated rings. The van der Waals surface area contributed by atoms with E-state index in [1.54, 1.807) is 83.7 Å². The van der Waals surface area contributed by atoms with Gasteiger partial charge in [-0.1, -0.05) is 83.9 Å². The summed E-state index contributed by atoms with van der Waals surface area (Å²) in [6, 6.07) is 29.9. The van der Waals surface area contributed by atoms with Gasteiger partial charge in [-0.15, -0.1) is 32.9 Å². The number of thiophene rings is 2. The fraction of sp³-hybridized carbons (Fsp3) is 0. The monoisotopic (exact) mass is 818 g/mol. The number of carbonyl (C=O) groups excluding carboxylic acids is 2. The molecule has 4 aromatic carbocycles. The van der Waals surface area contributed by atoms with Crippen LogP contribution in [0.3, 0.4) is 0 Å². The molecule has 0 aliphatic carbocycles. The van der Waals surface area contributed by atoms with Gasteiger partial charge in [-0.05, 0) is 53.6 Å². The first-order chi connectivity index (χ1) is 27.0. The Morgan fingerprint density at radius 3 is 1.64 bits per heavy atom. The summed E-state index contributed by atoms with van der Waals surface area (Å²) in [5, 5.41) is 39.1. The van der Waals surface area contributed by atoms with Crippen LogP contribution in [0.15, 0.2) is 120 Å². The highest BCUT2D eigenvalue weighted by Gasteiger charge is 2.24. The molecule has 4 heterocycles. The fourth-order valence-electron chi connectivity index (χ4n) is 5.51. The molecule has 8 aromatic rings. The molecule has 4 N–H and O–H groups in total. The van der Waals surface area contributed by atoms with Crippen LogP contribution in [0.4, 0.5) is 10.0 Å². The molecule has 0 bridgehead atoms. The smallest absolute Gasteiger partial charge is 0.339 e. The Hall–Kier alpha value is -6.58. The molecule has 0 spiro atoms. The fourth-order valence-corrected chi connectivity index (χ4v) is 7.68. The average molecular weight is 820 g/mol. The predicted octanol–water partition coefficient (Wildman–Crippen LogP) is 9.92. The highest BCUT2D eigenvalue weighted by atomic mass is 35.5. The number of hydrogen-bond donors (Lipinski definition) is 4. The summed E-state index contributed by atoms with van der Waals surface area (Å²) in [6.07, 6.45) is 1.56. The Morgan fingerprint density at radius 2 is 1.09 bits per heavy atom. The third-order valence-corrected chi connectivity index (χ3v) is 10.5. The van der Waals surface area contributed by atoms with E-state index in [9.17, 15) is 29.4 Å². The number of benzene rings is 4. The zero-order chi connectivity index (χ0) is 39.3. The maximum absolute atomic E-state index is 12.6. The first-order valence-electron chi connectivity index (χ1n) is 16.3. The van der Waals surface area contributed by atoms with Gasteiger partial charge in [0.25, 0.3) is 11.8 Å². The molecule has 8 rings (SSSR count). The van der Waals surface area contributed by atoms with Crippen LogP contribution in [0.1, 0.15) is 41.8 Å². The number of halogens is 2. The van der Waals surface area contributed by atoms with Crippen LogP contribution in [0, 0.1) is 0 Å². The number of carboxylic acids is 2. The first-order valence-corrected chi connectivity index (χ1v) is 18.9. The summed E-state index contributed by atoms with van der Waals surface area (Å²) >= 11 is 14.1. The van der Waals surface area contributed by atoms with E-state index in [-0.39, 0.29) is 32.6 Å². The second-order valence-electron chi connectivity index (χ2n) is 11.8. The predicted molar refractivity (Wildman–Crippen MR) is 218 cm³/mol. The molecule has 12 nitrogen and oxygen atoms in total. The van der Waals surface area contributed by atoms with Crippen LogP contribution in [0.5, 0.6) is 0 Å². The topological polar surface area (TPSA) is 184 Å². The van der Waals surface area contributed by atoms with E-state index < -0.39 is 23.8 Å². The van der Waals surface area contributed by atoms with Crippen molar-refractivity contribution in [3.63, 3.8) is 0 Å². The van der Waals surface area contributed by atoms with Crippen LogP contribution in [-0.2, 0) is 0 Å². The molecular formula is C40H24Cl2N6O6S2. The van der Waals surface area contributed by atoms with Gasteiger partial charge in [-0.25, -0.2) is 19.6 Å². The van der Waals surface area contributed by atoms with Crippen molar-refractivity contribution in [2.45, 2.75) is 0 Å². The second kappa shape index (κ2) is 16.4. The van der Waals surface area contributed by atoms with E-state index in [1.165, 1.54) is 0 Å². The first kappa shape index (κ1) is 37.7. The van der Waals surface area contributed by atoms with Crippen molar-refractivity contribution < 1.29 is 29.4 Å². The van der Waals surface area contributed by atoms with E-state index in [2.05, 4.69) is 30.8 Å². The lowest BCUT2D eigenvalue weighted by Crippen LogP contribution is -2.16. The van der Waals surface area contributed by atoms with Gasteiger partial charge in [-0.2, -0.15) is 0 Å². The maximum Gasteiger partial charge on any atom is 0.339 e. The minimum Gasteiger partial charge on any atom is -0.478 e. The van der Waals surface area contributed by atoms with Gasteiger partial charge >= 0.3 is 11.9 Å². The summed E-state index contributed by atoms with van der Waals surface area (Å²) in [6.45, 7) is 0. The molecule has 0 atom stereocenters. The van der Waals surface area contributed by atoms with E-state index in [4.69, 9.17) is 23.2 Å². The third-order valence-electron chi connectivity index (χ3n) is 8.19. The van der Waals surface area contributed by atoms with Crippen LogP contribution in [-0.4, -0.2) is 54.1 Å². The largest absolute Gasteiger partial charge is 0.478 e. The molecular weight excluding hydrogens is 796 g/mol. The van der Waals surface area contributed by atoms with E-state index in [0.717, 1.165) is 33.4 Å². The average Bonchev–Trinajstić information content (AvgIpc) is 3.83. The van der Waals surface area contributed by atoms with Gasteiger partial charge in [0.15, 0.2) is 5.69 Å². The van der Waals surface area contributed by atoms with Crippen molar-refractivity contribution >= 4 is 101 Å². The van der Waals surface area contributed by atoms with Crippen molar-refractivity contribution in [3.8, 4) is 22.3 Å². The lowest BCUT2D eigenvalue weighted by Gasteiger charge is -2.06. The lowest BCUT2D eigenvalue weighted by molar-refractivity contribution is 0.0688. The summed E-state index contributed by atoms with van der Waals surface area (Å²) in [7, 11) is 0. The van der Waals surface area contributed by atoms with Gasteiger partial charge in [0.05, 0.1) is 11.0 Å². The second-order valence-corrected chi connectivity index (χ2v) is 14.4. The summed E-state index contributed by atoms with van der Waals surface area (Å²) in [5.41, 5.74) is 3.86. The molecule has 4 aromatic heterocycles. The number of nitrogens with zero attached hydrogens (tertiary/aromatic N) is 4. The van der Waals surface area contributed by atoms with Crippen LogP contribution >= 0.6 is 45.9 Å². The molecule has 0 saturated carbocycles. The number of hydrogen-bond acceptors (Lipinski definition) is 10. The Morgan fingerprint density at radius 1 is 0.589 bits per heavy atom. The number of carboxylic acid groups (broad SMARTS) is 2. The Kier molecular flexibility index (Phi) is 11.1. The number of para-hydroxylation sites is 1. The molecule has 0 radical (unpaired) electrons. The number of aromatic nitrogens is 4. The van der Waals surface area contributed by atoms with Crippen molar-refractivity contribution in [1.82, 2.24) is 20.2 Å². The van der Waals surface area contributed by atoms with Crippen LogP contribution in [0.2, 0.25) is 10.0 Å². The van der Waals surface area contributed by atoms with Crippen LogP contribution in [0.25, 0.3) is 44.1 Å². The van der Waals surface area contributed by atoms with E-state index >= 15 is 0 Å². The van der Waals surface area contributed by atoms with Crippen molar-refractivity contribution in [2.24, 2.45) is 0 Å². The van der Waals surface area contributed by atoms with Crippen molar-refractivity contribution in [2.75, 3.05) is 10.6 Å². The normalized spacial score (nSPS) is 10.8. The minimum atomic E-state index is -1.14. The van der Waals surface area contributed by atoms with Crippen LogP contribution < -0.4 is 10.6 Å². The number of fused-ring (bicyclic) bond motifs is 2. The molecule has 0 unspecified atom stereocenters. The molecule has 276 valence electrons. The Labute approximate surface area is 335 Å². The van der Waals surface area contributed by atoms with Gasteiger partial charge in [-0.3, -0.25) is 9.59 Å². The summed E-state index contributed by atoms with van der Waals surface area (Å²) in [4.78, 5) is 57.2. The zero-order valence-corrected chi connectivity index (χ0v) is 31.6. The Balaban J connectivity index is 0.000000172. The number of nitrogens with one attached hydrogen (secondary N) is 2. The molecule has 56 heavy (non-hydrogen) atoms. The number of carbonyl (C=O) groups is 4. The maximum atomic E-state index is 12.6. The van der Waals surface area contributed by atoms with Crippen molar-refractivity contribution in [3.05, 3.63) is 153 Å². The Bertz CT molecular complexity index is 2600. The highest BCUT2D eigenvalue weighted by Crippen LogP contribution is 2.37. The quantitative estimate of drug-likeness (QED) is 0.115. The third kappa shape index (κ3) is 8.23. The standard InChI is InChI=1S/2C20H12ClN3O3S/c21-13-7-5-11(6-8-13)14-10-28-19(16(14)20(26)27)24-18(25)17-22-9-12-3-1-2-4-15(12)23-17;21-13-7-5-11(6-8-13)14-10-28-19(17(14)20(26)27)22-18(25)16-9-12-3-1-2-4-15(12)23-24-16/h1-10H,(H,24,25)(H,26,27);1-10H,(H,22,25)(H,26,27). The number of amides is 2. The van der Waals surface area contributed by atoms with Gasteiger partial charge in [0, 0.05) is 48.9 Å². The zero-order valence-electron chi connectivity index (χ0n) is 28.4. The van der Waals surface area contributed by atoms with E-state index in [0.29, 0.717) is 43.3 Å². The van der Waals surface area contributed by atoms with Gasteiger partial charge < -0.3 is 20.8 Å². The summed E-state index contributed by atoms with van der Waals surface area (Å²) < 4.78 is 0. The van der Waals surface area contributed by atoms with Gasteiger partial charge in [0.1, 0.15) is 21.1 Å². The number of anilines is 2. The lowest BCUT2D eigenvalue weighted by atomic mass is 10.0. The molecule has 16 heteroatoms. The molecule has 0 aliphatic heterocycles. The van der Waals surface area contributed by atoms with Crippen molar-refractivity contribution in [1.29, 1.82) is 0 Å². The number of aromatic carboxylic acids is 2. The minimum absolute atomic E-state index is 0.0152. The van der Waals surface area contributed by atoms with Gasteiger partial charge in [0.2, 0.25) is 5.82 Å². The number of rotatable bonds is 8. The van der Waals surface area contributed by atoms with E-state index in [1.807, 2.05) is 36.4 Å². The molecule has 2 amide bonds.